The van der Waals surface area contributed by atoms with Crippen LogP contribution in [0.5, 0.6) is 0 Å². The largest absolute Gasteiger partial charge is 0.316 e. The Bertz CT molecular complexity index is 316. The smallest absolute Gasteiger partial charge is 0.0959 e. The molecule has 0 spiro atoms. The van der Waals surface area contributed by atoms with Crippen LogP contribution in [0.4, 0.5) is 0 Å². The molecule has 2 aliphatic rings. The zero-order valence-electron chi connectivity index (χ0n) is 10.5. The van der Waals surface area contributed by atoms with Crippen molar-refractivity contribution in [3.05, 3.63) is 16.1 Å². The minimum absolute atomic E-state index is 0.678. The molecule has 1 atom stereocenters. The Morgan fingerprint density at radius 1 is 1.06 bits per heavy atom. The van der Waals surface area contributed by atoms with Gasteiger partial charge in [-0.25, -0.2) is 4.98 Å². The fourth-order valence-electron chi connectivity index (χ4n) is 3.13. The van der Waals surface area contributed by atoms with Crippen molar-refractivity contribution in [1.29, 1.82) is 0 Å². The first-order chi connectivity index (χ1) is 8.43. The molecule has 17 heavy (non-hydrogen) atoms. The van der Waals surface area contributed by atoms with Gasteiger partial charge in [0.2, 0.25) is 0 Å². The van der Waals surface area contributed by atoms with Crippen molar-refractivity contribution < 1.29 is 0 Å². The van der Waals surface area contributed by atoms with E-state index in [1.165, 1.54) is 62.2 Å². The normalized spacial score (nSPS) is 27.2. The van der Waals surface area contributed by atoms with Gasteiger partial charge in [-0.05, 0) is 32.2 Å². The summed E-state index contributed by atoms with van der Waals surface area (Å²) >= 11 is 1.91. The van der Waals surface area contributed by atoms with E-state index in [-0.39, 0.29) is 0 Å². The summed E-state index contributed by atoms with van der Waals surface area (Å²) in [5.41, 5.74) is 1.36. The topological polar surface area (TPSA) is 24.9 Å². The molecule has 0 aromatic carbocycles. The number of piperidine rings is 1. The lowest BCUT2D eigenvalue weighted by Crippen LogP contribution is -2.28. The van der Waals surface area contributed by atoms with Gasteiger partial charge in [-0.2, -0.15) is 0 Å². The molecule has 2 heterocycles. The lowest BCUT2D eigenvalue weighted by Gasteiger charge is -2.21. The van der Waals surface area contributed by atoms with E-state index in [0.29, 0.717) is 5.92 Å². The molecular weight excluding hydrogens is 228 g/mol. The summed E-state index contributed by atoms with van der Waals surface area (Å²) in [5, 5.41) is 7.23. The third-order valence-corrected chi connectivity index (χ3v) is 5.23. The van der Waals surface area contributed by atoms with Gasteiger partial charge in [0, 0.05) is 23.8 Å². The molecule has 1 saturated carbocycles. The second-order valence-corrected chi connectivity index (χ2v) is 6.38. The van der Waals surface area contributed by atoms with Crippen LogP contribution in [0.25, 0.3) is 0 Å². The Balaban J connectivity index is 1.68. The second-order valence-electron chi connectivity index (χ2n) is 5.49. The molecule has 3 rings (SSSR count). The SMILES string of the molecule is c1sc(C2CCCCC2)nc1C1CCCNC1. The minimum Gasteiger partial charge on any atom is -0.316 e. The Labute approximate surface area is 108 Å². The second kappa shape index (κ2) is 5.49. The summed E-state index contributed by atoms with van der Waals surface area (Å²) in [5.74, 6) is 1.45. The Morgan fingerprint density at radius 2 is 1.88 bits per heavy atom. The van der Waals surface area contributed by atoms with E-state index in [1.54, 1.807) is 0 Å². The minimum atomic E-state index is 0.678. The van der Waals surface area contributed by atoms with Crippen molar-refractivity contribution in [2.24, 2.45) is 0 Å². The van der Waals surface area contributed by atoms with E-state index in [2.05, 4.69) is 10.7 Å². The summed E-state index contributed by atoms with van der Waals surface area (Å²) in [6.07, 6.45) is 9.62. The maximum atomic E-state index is 4.94. The van der Waals surface area contributed by atoms with Gasteiger partial charge in [0.15, 0.2) is 0 Å². The van der Waals surface area contributed by atoms with Crippen LogP contribution in [0.1, 0.15) is 67.5 Å². The third kappa shape index (κ3) is 2.71. The van der Waals surface area contributed by atoms with Crippen LogP contribution in [0.15, 0.2) is 5.38 Å². The van der Waals surface area contributed by atoms with E-state index in [1.807, 2.05) is 11.3 Å². The van der Waals surface area contributed by atoms with E-state index in [0.717, 1.165) is 12.5 Å². The van der Waals surface area contributed by atoms with E-state index < -0.39 is 0 Å². The fraction of sp³-hybridized carbons (Fsp3) is 0.786. The molecule has 1 unspecified atom stereocenters. The molecule has 2 nitrogen and oxygen atoms in total. The predicted molar refractivity (Wildman–Crippen MR) is 72.8 cm³/mol. The Hall–Kier alpha value is -0.410. The fourth-order valence-corrected chi connectivity index (χ4v) is 4.20. The first-order valence-electron chi connectivity index (χ1n) is 7.09. The van der Waals surface area contributed by atoms with Crippen LogP contribution in [-0.2, 0) is 0 Å². The molecular formula is C14H22N2S. The van der Waals surface area contributed by atoms with Crippen LogP contribution < -0.4 is 5.32 Å². The van der Waals surface area contributed by atoms with Crippen LogP contribution in [0.3, 0.4) is 0 Å². The van der Waals surface area contributed by atoms with Crippen molar-refractivity contribution in [3.8, 4) is 0 Å². The molecule has 1 aromatic heterocycles. The van der Waals surface area contributed by atoms with Crippen molar-refractivity contribution >= 4 is 11.3 Å². The summed E-state index contributed by atoms with van der Waals surface area (Å²) in [6, 6.07) is 0. The highest BCUT2D eigenvalue weighted by Crippen LogP contribution is 2.35. The van der Waals surface area contributed by atoms with Gasteiger partial charge < -0.3 is 5.32 Å². The molecule has 0 amide bonds. The highest BCUT2D eigenvalue weighted by atomic mass is 32.1. The van der Waals surface area contributed by atoms with Gasteiger partial charge >= 0.3 is 0 Å². The Kier molecular flexibility index (Phi) is 3.77. The number of hydrogen-bond acceptors (Lipinski definition) is 3. The molecule has 0 radical (unpaired) electrons. The molecule has 3 heteroatoms. The molecule has 94 valence electrons. The molecule has 1 aliphatic carbocycles. The summed E-state index contributed by atoms with van der Waals surface area (Å²) in [6.45, 7) is 2.32. The number of rotatable bonds is 2. The van der Waals surface area contributed by atoms with Gasteiger partial charge in [0.1, 0.15) is 0 Å². The summed E-state index contributed by atoms with van der Waals surface area (Å²) in [4.78, 5) is 4.94. The van der Waals surface area contributed by atoms with Crippen LogP contribution in [-0.4, -0.2) is 18.1 Å². The quantitative estimate of drug-likeness (QED) is 0.866. The number of aromatic nitrogens is 1. The van der Waals surface area contributed by atoms with E-state index in [9.17, 15) is 0 Å². The number of hydrogen-bond donors (Lipinski definition) is 1. The molecule has 1 N–H and O–H groups in total. The highest BCUT2D eigenvalue weighted by molar-refractivity contribution is 7.09. The van der Waals surface area contributed by atoms with Gasteiger partial charge in [0.05, 0.1) is 10.7 Å². The maximum Gasteiger partial charge on any atom is 0.0959 e. The van der Waals surface area contributed by atoms with E-state index in [4.69, 9.17) is 4.98 Å². The van der Waals surface area contributed by atoms with Crippen LogP contribution in [0, 0.1) is 0 Å². The van der Waals surface area contributed by atoms with Gasteiger partial charge in [-0.1, -0.05) is 19.3 Å². The van der Waals surface area contributed by atoms with Gasteiger partial charge in [-0.15, -0.1) is 11.3 Å². The van der Waals surface area contributed by atoms with Gasteiger partial charge in [-0.3, -0.25) is 0 Å². The third-order valence-electron chi connectivity index (χ3n) is 4.21. The summed E-state index contributed by atoms with van der Waals surface area (Å²) in [7, 11) is 0. The van der Waals surface area contributed by atoms with E-state index >= 15 is 0 Å². The van der Waals surface area contributed by atoms with Crippen molar-refractivity contribution in [3.63, 3.8) is 0 Å². The molecule has 0 bridgehead atoms. The van der Waals surface area contributed by atoms with Crippen LogP contribution >= 0.6 is 11.3 Å². The standard InChI is InChI=1S/C14H22N2S/c1-2-5-11(6-3-1)14-16-13(10-17-14)12-7-4-8-15-9-12/h10-12,15H,1-9H2. The number of nitrogens with zero attached hydrogens (tertiary/aromatic N) is 1. The maximum absolute atomic E-state index is 4.94. The number of thiazole rings is 1. The lowest BCUT2D eigenvalue weighted by molar-refractivity contribution is 0.435. The lowest BCUT2D eigenvalue weighted by atomic mass is 9.90. The predicted octanol–water partition coefficient (Wildman–Crippen LogP) is 3.66. The van der Waals surface area contributed by atoms with Crippen molar-refractivity contribution in [2.75, 3.05) is 13.1 Å². The average Bonchev–Trinajstić information content (AvgIpc) is 2.90. The van der Waals surface area contributed by atoms with Crippen LogP contribution in [0.2, 0.25) is 0 Å². The summed E-state index contributed by atoms with van der Waals surface area (Å²) < 4.78 is 0. The van der Waals surface area contributed by atoms with Crippen molar-refractivity contribution in [1.82, 2.24) is 10.3 Å². The molecule has 1 saturated heterocycles. The zero-order chi connectivity index (χ0) is 11.5. The first-order valence-corrected chi connectivity index (χ1v) is 7.97. The van der Waals surface area contributed by atoms with Gasteiger partial charge in [0.25, 0.3) is 0 Å². The molecule has 2 fully saturated rings. The monoisotopic (exact) mass is 250 g/mol. The zero-order valence-corrected chi connectivity index (χ0v) is 11.3. The Morgan fingerprint density at radius 3 is 2.65 bits per heavy atom. The van der Waals surface area contributed by atoms with Crippen molar-refractivity contribution in [2.45, 2.75) is 56.8 Å². The molecule has 1 aromatic rings. The number of nitrogens with one attached hydrogen (secondary N) is 1. The highest BCUT2D eigenvalue weighted by Gasteiger charge is 2.22. The molecule has 1 aliphatic heterocycles. The average molecular weight is 250 g/mol. The first kappa shape index (κ1) is 11.7.